The molecule has 4 nitrogen and oxygen atoms in total. The van der Waals surface area contributed by atoms with Crippen LogP contribution in [0.2, 0.25) is 0 Å². The Bertz CT molecular complexity index is 696. The molecule has 0 amide bonds. The number of rotatable bonds is 2. The second-order valence-corrected chi connectivity index (χ2v) is 6.68. The van der Waals surface area contributed by atoms with Crippen LogP contribution in [0.5, 0.6) is 0 Å². The van der Waals surface area contributed by atoms with Crippen molar-refractivity contribution >= 4 is 12.7 Å². The van der Waals surface area contributed by atoms with Gasteiger partial charge < -0.3 is 9.31 Å². The molecule has 0 saturated carbocycles. The molecule has 1 aromatic carbocycles. The van der Waals surface area contributed by atoms with Gasteiger partial charge in [0.05, 0.1) is 22.5 Å². The van der Waals surface area contributed by atoms with Gasteiger partial charge in [0.1, 0.15) is 0 Å². The zero-order chi connectivity index (χ0) is 16.1. The Morgan fingerprint density at radius 1 is 1.09 bits per heavy atom. The number of para-hydroxylation sites is 1. The zero-order valence-corrected chi connectivity index (χ0v) is 13.6. The number of halogens is 1. The van der Waals surface area contributed by atoms with Crippen LogP contribution in [-0.4, -0.2) is 27.9 Å². The van der Waals surface area contributed by atoms with Gasteiger partial charge in [-0.2, -0.15) is 4.39 Å². The maximum atomic E-state index is 14.3. The molecule has 22 heavy (non-hydrogen) atoms. The van der Waals surface area contributed by atoms with Crippen LogP contribution in [0.25, 0.3) is 5.69 Å². The van der Waals surface area contributed by atoms with Crippen LogP contribution >= 0.6 is 0 Å². The van der Waals surface area contributed by atoms with Gasteiger partial charge in [-0.05, 0) is 46.2 Å². The van der Waals surface area contributed by atoms with Gasteiger partial charge in [-0.25, -0.2) is 4.98 Å². The highest BCUT2D eigenvalue weighted by Crippen LogP contribution is 2.36. The van der Waals surface area contributed by atoms with Crippen molar-refractivity contribution in [2.24, 2.45) is 0 Å². The molecule has 0 bridgehead atoms. The molecule has 2 heterocycles. The summed E-state index contributed by atoms with van der Waals surface area (Å²) in [6.45, 7) is 9.77. The molecule has 1 fully saturated rings. The van der Waals surface area contributed by atoms with Crippen molar-refractivity contribution in [2.45, 2.75) is 45.8 Å². The Labute approximate surface area is 130 Å². The number of imidazole rings is 1. The first-order valence-electron chi connectivity index (χ1n) is 7.38. The van der Waals surface area contributed by atoms with Gasteiger partial charge in [0.25, 0.3) is 6.08 Å². The Balaban J connectivity index is 1.96. The van der Waals surface area contributed by atoms with E-state index in [0.29, 0.717) is 5.59 Å². The van der Waals surface area contributed by atoms with E-state index in [1.807, 2.05) is 58.9 Å². The van der Waals surface area contributed by atoms with E-state index in [-0.39, 0.29) is 0 Å². The van der Waals surface area contributed by atoms with E-state index in [4.69, 9.17) is 9.31 Å². The van der Waals surface area contributed by atoms with Crippen LogP contribution < -0.4 is 5.59 Å². The Morgan fingerprint density at radius 2 is 1.68 bits per heavy atom. The lowest BCUT2D eigenvalue weighted by atomic mass is 9.86. The molecule has 0 radical (unpaired) electrons. The highest BCUT2D eigenvalue weighted by molar-refractivity contribution is 6.61. The molecule has 0 spiro atoms. The molecule has 1 saturated heterocycles. The van der Waals surface area contributed by atoms with Crippen LogP contribution in [0.1, 0.15) is 33.3 Å². The smallest absolute Gasteiger partial charge is 0.398 e. The molecule has 0 N–H and O–H groups in total. The lowest BCUT2D eigenvalue weighted by Gasteiger charge is -2.32. The third-order valence-corrected chi connectivity index (χ3v) is 4.55. The van der Waals surface area contributed by atoms with E-state index in [1.165, 1.54) is 4.57 Å². The first-order valence-corrected chi connectivity index (χ1v) is 7.38. The fourth-order valence-electron chi connectivity index (χ4n) is 2.45. The van der Waals surface area contributed by atoms with Crippen LogP contribution in [0.15, 0.2) is 30.5 Å². The molecular formula is C16H20BFN2O2. The number of nitrogens with zero attached hydrogens (tertiary/aromatic N) is 2. The second-order valence-electron chi connectivity index (χ2n) is 6.68. The van der Waals surface area contributed by atoms with Crippen LogP contribution in [-0.2, 0) is 9.31 Å². The summed E-state index contributed by atoms with van der Waals surface area (Å²) in [7, 11) is -0.662. The van der Waals surface area contributed by atoms with Crippen molar-refractivity contribution in [3.05, 3.63) is 42.1 Å². The van der Waals surface area contributed by atoms with E-state index >= 15 is 0 Å². The highest BCUT2D eigenvalue weighted by atomic mass is 19.1. The summed E-state index contributed by atoms with van der Waals surface area (Å²) in [6, 6.07) is 7.58. The molecule has 3 rings (SSSR count). The average Bonchev–Trinajstić information content (AvgIpc) is 2.89. The minimum absolute atomic E-state index is 0.444. The molecule has 6 heteroatoms. The first-order chi connectivity index (χ1) is 10.2. The normalized spacial score (nSPS) is 19.6. The minimum Gasteiger partial charge on any atom is -0.398 e. The van der Waals surface area contributed by atoms with Crippen molar-refractivity contribution in [3.63, 3.8) is 0 Å². The minimum atomic E-state index is -0.662. The van der Waals surface area contributed by atoms with Gasteiger partial charge in [-0.15, -0.1) is 0 Å². The molecule has 1 aromatic heterocycles. The number of aryl methyl sites for hydroxylation is 1. The second kappa shape index (κ2) is 4.93. The van der Waals surface area contributed by atoms with Gasteiger partial charge in [-0.1, -0.05) is 18.2 Å². The lowest BCUT2D eigenvalue weighted by Crippen LogP contribution is -2.41. The molecule has 116 valence electrons. The van der Waals surface area contributed by atoms with E-state index in [0.717, 1.165) is 11.3 Å². The summed E-state index contributed by atoms with van der Waals surface area (Å²) in [6.07, 6.45) is 1.07. The molecule has 0 atom stereocenters. The van der Waals surface area contributed by atoms with Crippen LogP contribution in [0.3, 0.4) is 0 Å². The van der Waals surface area contributed by atoms with Crippen molar-refractivity contribution < 1.29 is 13.7 Å². The number of hydrogen-bond acceptors (Lipinski definition) is 3. The predicted octanol–water partition coefficient (Wildman–Crippen LogP) is 2.62. The molecule has 0 unspecified atom stereocenters. The summed E-state index contributed by atoms with van der Waals surface area (Å²) < 4.78 is 27.5. The Morgan fingerprint density at radius 3 is 2.27 bits per heavy atom. The summed E-state index contributed by atoms with van der Waals surface area (Å²) in [5.74, 6) is 0. The van der Waals surface area contributed by atoms with Gasteiger partial charge in [0.2, 0.25) is 0 Å². The SMILES string of the molecule is Cc1ccccc1-n1cc(B2OC(C)(C)C(C)(C)O2)nc1F. The number of aromatic nitrogens is 2. The molecule has 1 aliphatic heterocycles. The van der Waals surface area contributed by atoms with Crippen molar-refractivity contribution in [1.29, 1.82) is 0 Å². The summed E-state index contributed by atoms with van der Waals surface area (Å²) in [4.78, 5) is 3.99. The third kappa shape index (κ3) is 2.36. The molecular weight excluding hydrogens is 282 g/mol. The molecule has 1 aliphatic rings. The van der Waals surface area contributed by atoms with Crippen molar-refractivity contribution in [3.8, 4) is 5.69 Å². The molecule has 2 aromatic rings. The predicted molar refractivity (Wildman–Crippen MR) is 84.0 cm³/mol. The number of hydrogen-bond donors (Lipinski definition) is 0. The van der Waals surface area contributed by atoms with Crippen molar-refractivity contribution in [1.82, 2.24) is 9.55 Å². The topological polar surface area (TPSA) is 36.3 Å². The summed E-state index contributed by atoms with van der Waals surface area (Å²) in [5, 5.41) is 0. The Hall–Kier alpha value is -1.66. The first kappa shape index (κ1) is 15.2. The zero-order valence-electron chi connectivity index (χ0n) is 13.6. The lowest BCUT2D eigenvalue weighted by molar-refractivity contribution is 0.00578. The molecule has 0 aliphatic carbocycles. The van der Waals surface area contributed by atoms with Gasteiger partial charge in [0.15, 0.2) is 0 Å². The summed E-state index contributed by atoms with van der Waals surface area (Å²) in [5.41, 5.74) is 1.23. The van der Waals surface area contributed by atoms with Crippen molar-refractivity contribution in [2.75, 3.05) is 0 Å². The fraction of sp³-hybridized carbons (Fsp3) is 0.438. The highest BCUT2D eigenvalue weighted by Gasteiger charge is 2.52. The van der Waals surface area contributed by atoms with Gasteiger partial charge in [0, 0.05) is 6.20 Å². The fourth-order valence-corrected chi connectivity index (χ4v) is 2.45. The maximum Gasteiger partial charge on any atom is 0.516 e. The standard InChI is InChI=1S/C16H20BFN2O2/c1-11-8-6-7-9-12(11)20-10-13(19-14(20)18)17-21-15(2,3)16(4,5)22-17/h6-10H,1-5H3. The maximum absolute atomic E-state index is 14.3. The average molecular weight is 302 g/mol. The van der Waals surface area contributed by atoms with E-state index in [2.05, 4.69) is 4.98 Å². The van der Waals surface area contributed by atoms with E-state index in [1.54, 1.807) is 6.20 Å². The third-order valence-electron chi connectivity index (χ3n) is 4.55. The van der Waals surface area contributed by atoms with Crippen LogP contribution in [0, 0.1) is 13.0 Å². The Kier molecular flexibility index (Phi) is 3.42. The number of benzene rings is 1. The quantitative estimate of drug-likeness (QED) is 0.800. The van der Waals surface area contributed by atoms with Crippen LogP contribution in [0.4, 0.5) is 4.39 Å². The van der Waals surface area contributed by atoms with E-state index < -0.39 is 24.4 Å². The largest absolute Gasteiger partial charge is 0.516 e. The monoisotopic (exact) mass is 302 g/mol. The van der Waals surface area contributed by atoms with E-state index in [9.17, 15) is 4.39 Å². The van der Waals surface area contributed by atoms with Gasteiger partial charge in [-0.3, -0.25) is 4.57 Å². The van der Waals surface area contributed by atoms with Gasteiger partial charge >= 0.3 is 7.12 Å². The summed E-state index contributed by atoms with van der Waals surface area (Å²) >= 11 is 0.